The fourth-order valence-electron chi connectivity index (χ4n) is 2.10. The van der Waals surface area contributed by atoms with Crippen LogP contribution in [0.5, 0.6) is 0 Å². The number of hydrogen-bond donors (Lipinski definition) is 2. The molecule has 0 saturated carbocycles. The van der Waals surface area contributed by atoms with Gasteiger partial charge >= 0.3 is 0 Å². The number of thiophene rings is 1. The second-order valence-corrected chi connectivity index (χ2v) is 7.90. The number of hydrogen-bond acceptors (Lipinski definition) is 7. The van der Waals surface area contributed by atoms with Crippen LogP contribution in [0.15, 0.2) is 39.0 Å². The molecule has 1 aromatic carbocycles. The molecule has 2 aromatic heterocycles. The number of amides is 1. The number of anilines is 2. The van der Waals surface area contributed by atoms with Crippen LogP contribution < -0.4 is 10.0 Å². The van der Waals surface area contributed by atoms with Gasteiger partial charge in [-0.15, -0.1) is 11.3 Å². The predicted octanol–water partition coefficient (Wildman–Crippen LogP) is 3.92. The number of Topliss-reactive ketones (excluding diaryl/α,β-unsaturated/α-hetero) is 1. The zero-order valence-corrected chi connectivity index (χ0v) is 16.1. The molecule has 8 nitrogen and oxygen atoms in total. The smallest absolute Gasteiger partial charge is 0.267 e. The molecule has 0 spiro atoms. The maximum atomic E-state index is 13.4. The SMILES string of the molecule is [2H]c1cc(C([2H])([2H])[2H])c([2H])c(C(C)=O)c1N([2H])C(=O)c1sccc1S(=O)(=O)N([2H])c1onc(C([2H])([2H])[2H])c1C([2H])([2H])[2H]. The number of ketones is 1. The molecule has 152 valence electrons. The monoisotopic (exact) mass is 446 g/mol. The Morgan fingerprint density at radius 3 is 2.83 bits per heavy atom. The quantitative estimate of drug-likeness (QED) is 0.554. The summed E-state index contributed by atoms with van der Waals surface area (Å²) >= 11 is 0.440. The van der Waals surface area contributed by atoms with Gasteiger partial charge in [0.1, 0.15) is 9.77 Å². The van der Waals surface area contributed by atoms with E-state index in [9.17, 15) is 18.0 Å². The molecule has 0 radical (unpaired) electrons. The molecule has 3 rings (SSSR count). The average Bonchev–Trinajstić information content (AvgIpc) is 3.50. The van der Waals surface area contributed by atoms with Gasteiger partial charge in [0, 0.05) is 23.5 Å². The lowest BCUT2D eigenvalue weighted by Crippen LogP contribution is -2.19. The summed E-state index contributed by atoms with van der Waals surface area (Å²) in [4.78, 5) is 24.0. The summed E-state index contributed by atoms with van der Waals surface area (Å²) in [7, 11) is -5.24. The molecular weight excluding hydrogens is 414 g/mol. The van der Waals surface area contributed by atoms with E-state index in [0.717, 1.165) is 18.4 Å². The molecule has 0 fully saturated rings. The van der Waals surface area contributed by atoms with Crippen LogP contribution in [0.3, 0.4) is 0 Å². The summed E-state index contributed by atoms with van der Waals surface area (Å²) in [5.41, 5.74) is -4.57. The van der Waals surface area contributed by atoms with Gasteiger partial charge in [0.15, 0.2) is 8.61 Å². The van der Waals surface area contributed by atoms with Gasteiger partial charge in [-0.1, -0.05) is 16.8 Å². The van der Waals surface area contributed by atoms with Gasteiger partial charge in [-0.3, -0.25) is 9.59 Å². The van der Waals surface area contributed by atoms with Gasteiger partial charge in [0.25, 0.3) is 15.9 Å². The average molecular weight is 447 g/mol. The third-order valence-corrected chi connectivity index (χ3v) is 5.73. The predicted molar refractivity (Wildman–Crippen MR) is 110 cm³/mol. The lowest BCUT2D eigenvalue weighted by atomic mass is 10.1. The van der Waals surface area contributed by atoms with Crippen LogP contribution in [0, 0.1) is 20.6 Å². The highest BCUT2D eigenvalue weighted by molar-refractivity contribution is 7.93. The van der Waals surface area contributed by atoms with Crippen LogP contribution in [0.25, 0.3) is 0 Å². The number of nitrogens with one attached hydrogen (secondary N) is 2. The van der Waals surface area contributed by atoms with E-state index in [-0.39, 0.29) is 5.31 Å². The minimum atomic E-state index is -5.24. The maximum Gasteiger partial charge on any atom is 0.267 e. The number of benzene rings is 1. The Kier molecular flexibility index (Phi) is 2.60. The Bertz CT molecular complexity index is 1670. The molecule has 0 bridgehead atoms. The highest BCUT2D eigenvalue weighted by Gasteiger charge is 2.27. The van der Waals surface area contributed by atoms with Crippen molar-refractivity contribution in [3.63, 3.8) is 0 Å². The van der Waals surface area contributed by atoms with Gasteiger partial charge < -0.3 is 9.83 Å². The molecule has 1 amide bonds. The lowest BCUT2D eigenvalue weighted by molar-refractivity contribution is 0.101. The van der Waals surface area contributed by atoms with Crippen molar-refractivity contribution in [3.8, 4) is 0 Å². The Hall–Kier alpha value is -2.98. The molecule has 0 saturated heterocycles. The molecular formula is C19H19N3O5S2. The zero-order valence-electron chi connectivity index (χ0n) is 27.4. The van der Waals surface area contributed by atoms with E-state index in [1.807, 2.05) is 0 Å². The van der Waals surface area contributed by atoms with Crippen molar-refractivity contribution in [3.05, 3.63) is 56.9 Å². The fraction of sp³-hybridized carbons (Fsp3) is 0.211. The first-order chi connectivity index (χ1) is 18.9. The molecule has 0 aliphatic rings. The van der Waals surface area contributed by atoms with Crippen molar-refractivity contribution in [1.29, 1.82) is 0 Å². The summed E-state index contributed by atoms with van der Waals surface area (Å²) < 4.78 is 132. The zero-order chi connectivity index (χ0) is 32.3. The van der Waals surface area contributed by atoms with E-state index < -0.39 is 103 Å². The Balaban J connectivity index is 2.16. The number of aromatic nitrogens is 1. The first-order valence-corrected chi connectivity index (χ1v) is 9.87. The summed E-state index contributed by atoms with van der Waals surface area (Å²) in [5.74, 6) is -3.74. The lowest BCUT2D eigenvalue weighted by Gasteiger charge is -2.11. The van der Waals surface area contributed by atoms with Crippen molar-refractivity contribution < 1.29 is 40.4 Å². The number of aryl methyl sites for hydroxylation is 2. The minimum absolute atomic E-state index is 0.0748. The van der Waals surface area contributed by atoms with Gasteiger partial charge in [-0.25, -0.2) is 13.1 Å². The highest BCUT2D eigenvalue weighted by atomic mass is 32.2. The van der Waals surface area contributed by atoms with E-state index in [0.29, 0.717) is 17.4 Å². The van der Waals surface area contributed by atoms with Crippen molar-refractivity contribution in [2.45, 2.75) is 32.4 Å². The van der Waals surface area contributed by atoms with Crippen molar-refractivity contribution in [1.82, 2.24) is 5.16 Å². The number of carbonyl (C=O) groups excluding carboxylic acids is 2. The summed E-state index contributed by atoms with van der Waals surface area (Å²) in [6, 6.07) is -0.191. The molecule has 0 aliphatic carbocycles. The van der Waals surface area contributed by atoms with Gasteiger partial charge in [0.2, 0.25) is 5.88 Å². The summed E-state index contributed by atoms with van der Waals surface area (Å²) in [6.07, 6.45) is 0. The van der Waals surface area contributed by atoms with Crippen LogP contribution >= 0.6 is 11.3 Å². The maximum absolute atomic E-state index is 13.4. The normalized spacial score (nSPS) is 19.1. The fourth-order valence-corrected chi connectivity index (χ4v) is 4.32. The van der Waals surface area contributed by atoms with Gasteiger partial charge in [-0.05, 0) is 51.0 Å². The second kappa shape index (κ2) is 7.80. The van der Waals surface area contributed by atoms with Crippen molar-refractivity contribution in [2.75, 3.05) is 10.0 Å². The molecule has 29 heavy (non-hydrogen) atoms. The molecule has 0 aliphatic heterocycles. The molecule has 0 unspecified atom stereocenters. The van der Waals surface area contributed by atoms with Gasteiger partial charge in [-0.2, -0.15) is 0 Å². The largest absolute Gasteiger partial charge is 0.337 e. The molecule has 10 heteroatoms. The number of nitrogens with zero attached hydrogens (tertiary/aromatic N) is 1. The van der Waals surface area contributed by atoms with E-state index >= 15 is 0 Å². The number of sulfonamides is 1. The molecule has 0 atom stereocenters. The van der Waals surface area contributed by atoms with Crippen LogP contribution in [-0.2, 0) is 10.0 Å². The van der Waals surface area contributed by atoms with Crippen LogP contribution in [0.2, 0.25) is 2.82 Å². The minimum Gasteiger partial charge on any atom is -0.337 e. The van der Waals surface area contributed by atoms with Crippen molar-refractivity contribution in [2.24, 2.45) is 0 Å². The third kappa shape index (κ3) is 4.22. The first-order valence-electron chi connectivity index (χ1n) is 13.9. The first kappa shape index (κ1) is 9.68. The van der Waals surface area contributed by atoms with E-state index in [4.69, 9.17) is 17.9 Å². The topological polar surface area (TPSA) is 118 Å². The van der Waals surface area contributed by atoms with Crippen molar-refractivity contribution >= 4 is 44.6 Å². The number of rotatable bonds is 6. The standard InChI is InChI=1S/C19H19N3O5S2/c1-10-5-6-15(14(9-10)13(4)23)20-18(24)17-16(7-8-28-17)29(25,26)22-19-11(2)12(3)21-27-19/h5-9,22H,1-4H3,(H,20,24)/i1D3,2D3,3D3,6D,9D/hD2. The Labute approximate surface area is 190 Å². The highest BCUT2D eigenvalue weighted by Crippen LogP contribution is 2.28. The van der Waals surface area contributed by atoms with Gasteiger partial charge in [0.05, 0.1) is 14.1 Å². The summed E-state index contributed by atoms with van der Waals surface area (Å²) in [5, 5.41) is 4.11. The number of carbonyl (C=O) groups is 2. The molecule has 3 aromatic rings. The van der Waals surface area contributed by atoms with Crippen LogP contribution in [0.4, 0.5) is 11.6 Å². The third-order valence-electron chi connectivity index (χ3n) is 3.39. The molecule has 2 heterocycles. The van der Waals surface area contributed by atoms with E-state index in [2.05, 4.69) is 9.68 Å². The Morgan fingerprint density at radius 2 is 2.14 bits per heavy atom. The van der Waals surface area contributed by atoms with E-state index in [1.54, 1.807) is 0 Å². The van der Waals surface area contributed by atoms with Crippen LogP contribution in [0.1, 0.15) is 58.9 Å². The Morgan fingerprint density at radius 1 is 1.31 bits per heavy atom. The van der Waals surface area contributed by atoms with E-state index in [1.165, 1.54) is 0 Å². The molecule has 2 N–H and O–H groups in total. The summed E-state index contributed by atoms with van der Waals surface area (Å²) in [6.45, 7) is -8.49. The second-order valence-electron chi connectivity index (χ2n) is 5.42. The van der Waals surface area contributed by atoms with Crippen LogP contribution in [-0.4, -0.2) is 25.3 Å².